The molecule has 2 aliphatic rings. The summed E-state index contributed by atoms with van der Waals surface area (Å²) in [4.78, 5) is 30.2. The Morgan fingerprint density at radius 2 is 2.35 bits per heavy atom. The SMILES string of the molecule is CCCc1nc(C(=O)N2CCCC3C(=O)NCC32)n[nH]1. The van der Waals surface area contributed by atoms with Gasteiger partial charge in [-0.15, -0.1) is 5.10 Å². The quantitative estimate of drug-likeness (QED) is 0.820. The van der Waals surface area contributed by atoms with E-state index in [0.29, 0.717) is 13.1 Å². The van der Waals surface area contributed by atoms with Crippen LogP contribution in [0.3, 0.4) is 0 Å². The maximum Gasteiger partial charge on any atom is 0.293 e. The Morgan fingerprint density at radius 1 is 1.50 bits per heavy atom. The lowest BCUT2D eigenvalue weighted by atomic mass is 9.91. The van der Waals surface area contributed by atoms with Crippen LogP contribution in [0.2, 0.25) is 0 Å². The Balaban J connectivity index is 1.77. The standard InChI is InChI=1S/C13H19N5O2/c1-2-4-10-15-11(17-16-10)13(20)18-6-3-5-8-9(18)7-14-12(8)19/h8-9H,2-7H2,1H3,(H,14,19)(H,15,16,17). The highest BCUT2D eigenvalue weighted by atomic mass is 16.2. The molecule has 0 aliphatic carbocycles. The Hall–Kier alpha value is -1.92. The van der Waals surface area contributed by atoms with Gasteiger partial charge in [-0.05, 0) is 19.3 Å². The van der Waals surface area contributed by atoms with E-state index in [1.807, 2.05) is 0 Å². The Kier molecular flexibility index (Phi) is 3.42. The summed E-state index contributed by atoms with van der Waals surface area (Å²) >= 11 is 0. The van der Waals surface area contributed by atoms with Gasteiger partial charge in [0.25, 0.3) is 5.91 Å². The number of amides is 2. The average molecular weight is 277 g/mol. The molecule has 0 radical (unpaired) electrons. The average Bonchev–Trinajstić information content (AvgIpc) is 3.06. The molecule has 3 rings (SSSR count). The highest BCUT2D eigenvalue weighted by molar-refractivity contribution is 5.92. The molecule has 0 aromatic carbocycles. The summed E-state index contributed by atoms with van der Waals surface area (Å²) in [7, 11) is 0. The van der Waals surface area contributed by atoms with Crippen molar-refractivity contribution in [3.05, 3.63) is 11.6 Å². The first-order valence-electron chi connectivity index (χ1n) is 7.20. The van der Waals surface area contributed by atoms with E-state index >= 15 is 0 Å². The fourth-order valence-corrected chi connectivity index (χ4v) is 3.07. The number of carbonyl (C=O) groups is 2. The first kappa shape index (κ1) is 13.1. The van der Waals surface area contributed by atoms with Gasteiger partial charge in [0.1, 0.15) is 5.82 Å². The van der Waals surface area contributed by atoms with Gasteiger partial charge in [0.05, 0.1) is 12.0 Å². The van der Waals surface area contributed by atoms with E-state index in [9.17, 15) is 9.59 Å². The van der Waals surface area contributed by atoms with Crippen LogP contribution in [-0.4, -0.2) is 51.0 Å². The summed E-state index contributed by atoms with van der Waals surface area (Å²) in [5, 5.41) is 9.66. The smallest absolute Gasteiger partial charge is 0.293 e. The highest BCUT2D eigenvalue weighted by Gasteiger charge is 2.43. The first-order valence-corrected chi connectivity index (χ1v) is 7.20. The molecule has 2 fully saturated rings. The number of H-pyrrole nitrogens is 1. The number of hydrogen-bond donors (Lipinski definition) is 2. The van der Waals surface area contributed by atoms with Crippen LogP contribution in [0.5, 0.6) is 0 Å². The minimum atomic E-state index is -0.171. The predicted octanol–water partition coefficient (Wildman–Crippen LogP) is 0.108. The van der Waals surface area contributed by atoms with Gasteiger partial charge >= 0.3 is 0 Å². The minimum absolute atomic E-state index is 0.0446. The van der Waals surface area contributed by atoms with Crippen molar-refractivity contribution in [3.63, 3.8) is 0 Å². The maximum absolute atomic E-state index is 12.5. The van der Waals surface area contributed by atoms with Crippen molar-refractivity contribution < 1.29 is 9.59 Å². The monoisotopic (exact) mass is 277 g/mol. The van der Waals surface area contributed by atoms with Crippen molar-refractivity contribution >= 4 is 11.8 Å². The number of likely N-dealkylation sites (tertiary alicyclic amines) is 1. The lowest BCUT2D eigenvalue weighted by Gasteiger charge is -2.35. The summed E-state index contributed by atoms with van der Waals surface area (Å²) in [6.45, 7) is 3.27. The second-order valence-electron chi connectivity index (χ2n) is 5.42. The van der Waals surface area contributed by atoms with Gasteiger partial charge in [-0.1, -0.05) is 6.92 Å². The summed E-state index contributed by atoms with van der Waals surface area (Å²) in [5.41, 5.74) is 0. The van der Waals surface area contributed by atoms with Crippen molar-refractivity contribution in [1.29, 1.82) is 0 Å². The molecule has 0 spiro atoms. The van der Waals surface area contributed by atoms with Gasteiger partial charge in [0, 0.05) is 19.5 Å². The van der Waals surface area contributed by atoms with E-state index in [4.69, 9.17) is 0 Å². The van der Waals surface area contributed by atoms with Gasteiger partial charge in [-0.2, -0.15) is 0 Å². The van der Waals surface area contributed by atoms with Gasteiger partial charge in [0.15, 0.2) is 0 Å². The molecule has 1 aromatic heterocycles. The molecule has 7 nitrogen and oxygen atoms in total. The number of fused-ring (bicyclic) bond motifs is 1. The summed E-state index contributed by atoms with van der Waals surface area (Å²) < 4.78 is 0. The van der Waals surface area contributed by atoms with Crippen LogP contribution < -0.4 is 5.32 Å². The highest BCUT2D eigenvalue weighted by Crippen LogP contribution is 2.28. The lowest BCUT2D eigenvalue weighted by molar-refractivity contribution is -0.123. The number of aromatic amines is 1. The van der Waals surface area contributed by atoms with Gasteiger partial charge in [-0.3, -0.25) is 14.7 Å². The molecule has 2 atom stereocenters. The Labute approximate surface area is 117 Å². The van der Waals surface area contributed by atoms with Crippen LogP contribution in [0.15, 0.2) is 0 Å². The molecule has 2 N–H and O–H groups in total. The third kappa shape index (κ3) is 2.17. The zero-order valence-electron chi connectivity index (χ0n) is 11.6. The zero-order valence-corrected chi connectivity index (χ0v) is 11.6. The number of nitrogens with zero attached hydrogens (tertiary/aromatic N) is 3. The van der Waals surface area contributed by atoms with E-state index in [0.717, 1.165) is 31.5 Å². The molecule has 0 bridgehead atoms. The molecule has 2 aliphatic heterocycles. The Bertz CT molecular complexity index is 527. The molecule has 2 saturated heterocycles. The van der Waals surface area contributed by atoms with E-state index < -0.39 is 0 Å². The third-order valence-electron chi connectivity index (χ3n) is 4.07. The fraction of sp³-hybridized carbons (Fsp3) is 0.692. The summed E-state index contributed by atoms with van der Waals surface area (Å²) in [6.07, 6.45) is 3.45. The van der Waals surface area contributed by atoms with Crippen LogP contribution in [0.25, 0.3) is 0 Å². The molecule has 20 heavy (non-hydrogen) atoms. The summed E-state index contributed by atoms with van der Waals surface area (Å²) in [6, 6.07) is -0.0446. The Morgan fingerprint density at radius 3 is 3.15 bits per heavy atom. The number of piperidine rings is 1. The van der Waals surface area contributed by atoms with Crippen LogP contribution >= 0.6 is 0 Å². The molecule has 2 amide bonds. The molecule has 2 unspecified atom stereocenters. The van der Waals surface area contributed by atoms with Crippen molar-refractivity contribution in [3.8, 4) is 0 Å². The van der Waals surface area contributed by atoms with Crippen molar-refractivity contribution in [2.24, 2.45) is 5.92 Å². The minimum Gasteiger partial charge on any atom is -0.354 e. The van der Waals surface area contributed by atoms with Gasteiger partial charge in [-0.25, -0.2) is 4.98 Å². The molecule has 7 heteroatoms. The van der Waals surface area contributed by atoms with Crippen LogP contribution in [0, 0.1) is 5.92 Å². The zero-order chi connectivity index (χ0) is 14.1. The van der Waals surface area contributed by atoms with Crippen LogP contribution in [0.1, 0.15) is 42.6 Å². The third-order valence-corrected chi connectivity index (χ3v) is 4.07. The fourth-order valence-electron chi connectivity index (χ4n) is 3.07. The predicted molar refractivity (Wildman–Crippen MR) is 70.9 cm³/mol. The summed E-state index contributed by atoms with van der Waals surface area (Å²) in [5.74, 6) is 0.782. The topological polar surface area (TPSA) is 91.0 Å². The maximum atomic E-state index is 12.5. The number of rotatable bonds is 3. The first-order chi connectivity index (χ1) is 9.70. The lowest BCUT2D eigenvalue weighted by Crippen LogP contribution is -2.49. The molecule has 1 aromatic rings. The second kappa shape index (κ2) is 5.22. The molecular weight excluding hydrogens is 258 g/mol. The van der Waals surface area contributed by atoms with E-state index in [1.165, 1.54) is 0 Å². The normalized spacial score (nSPS) is 25.4. The van der Waals surface area contributed by atoms with Crippen molar-refractivity contribution in [1.82, 2.24) is 25.4 Å². The van der Waals surface area contributed by atoms with Crippen molar-refractivity contribution in [2.45, 2.75) is 38.6 Å². The number of nitrogens with one attached hydrogen (secondary N) is 2. The van der Waals surface area contributed by atoms with Crippen molar-refractivity contribution in [2.75, 3.05) is 13.1 Å². The molecule has 108 valence electrons. The number of hydrogen-bond acceptors (Lipinski definition) is 4. The number of carbonyl (C=O) groups excluding carboxylic acids is 2. The molecule has 3 heterocycles. The molecule has 0 saturated carbocycles. The van der Waals surface area contributed by atoms with E-state index in [1.54, 1.807) is 4.90 Å². The van der Waals surface area contributed by atoms with E-state index in [2.05, 4.69) is 27.4 Å². The van der Waals surface area contributed by atoms with Crippen LogP contribution in [-0.2, 0) is 11.2 Å². The largest absolute Gasteiger partial charge is 0.354 e. The number of aryl methyl sites for hydroxylation is 1. The molecular formula is C13H19N5O2. The van der Waals surface area contributed by atoms with Gasteiger partial charge < -0.3 is 10.2 Å². The van der Waals surface area contributed by atoms with E-state index in [-0.39, 0.29) is 29.6 Å². The second-order valence-corrected chi connectivity index (χ2v) is 5.42. The number of aromatic nitrogens is 3. The van der Waals surface area contributed by atoms with Crippen LogP contribution in [0.4, 0.5) is 0 Å². The van der Waals surface area contributed by atoms with Gasteiger partial charge in [0.2, 0.25) is 11.7 Å².